The molecule has 1 aromatic rings. The second kappa shape index (κ2) is 14.9. The first-order chi connectivity index (χ1) is 17.0. The van der Waals surface area contributed by atoms with Crippen LogP contribution in [0.2, 0.25) is 0 Å². The highest BCUT2D eigenvalue weighted by molar-refractivity contribution is 5.74. The summed E-state index contributed by atoms with van der Waals surface area (Å²) in [7, 11) is 1.39. The smallest absolute Gasteiger partial charge is 0.346 e. The van der Waals surface area contributed by atoms with Gasteiger partial charge in [-0.1, -0.05) is 72.6 Å². The molecule has 4 nitrogen and oxygen atoms in total. The van der Waals surface area contributed by atoms with Gasteiger partial charge in [-0.2, -0.15) is 0 Å². The van der Waals surface area contributed by atoms with E-state index in [-0.39, 0.29) is 5.97 Å². The average molecular weight is 503 g/mol. The van der Waals surface area contributed by atoms with Gasteiger partial charge in [0.25, 0.3) is 0 Å². The molecule has 0 spiro atoms. The zero-order valence-electron chi connectivity index (χ0n) is 24.8. The maximum Gasteiger partial charge on any atom is 0.346 e. The second-order valence-electron chi connectivity index (χ2n) is 12.0. The first-order valence-electron chi connectivity index (χ1n) is 14.6. The number of carbonyl (C=O) groups excluding carboxylic acids is 1. The molecule has 0 aliphatic carbocycles. The number of hydrogen-bond donors (Lipinski definition) is 0. The molecule has 0 N–H and O–H groups in total. The van der Waals surface area contributed by atoms with Crippen LogP contribution in [0, 0.1) is 38.5 Å². The average Bonchev–Trinajstić information content (AvgIpc) is 2.85. The number of carbonyl (C=O) groups is 1. The third-order valence-electron chi connectivity index (χ3n) is 8.24. The zero-order valence-corrected chi connectivity index (χ0v) is 24.8. The monoisotopic (exact) mass is 502 g/mol. The molecule has 1 aromatic carbocycles. The van der Waals surface area contributed by atoms with Gasteiger partial charge in [-0.15, -0.1) is 0 Å². The molecule has 4 heteroatoms. The van der Waals surface area contributed by atoms with Crippen molar-refractivity contribution in [1.82, 2.24) is 0 Å². The van der Waals surface area contributed by atoms with E-state index in [1.807, 2.05) is 0 Å². The topological polar surface area (TPSA) is 44.8 Å². The molecule has 4 atom stereocenters. The van der Waals surface area contributed by atoms with Crippen molar-refractivity contribution in [3.05, 3.63) is 22.3 Å². The Hall–Kier alpha value is -1.71. The molecule has 0 bridgehead atoms. The van der Waals surface area contributed by atoms with E-state index in [4.69, 9.17) is 14.2 Å². The maximum atomic E-state index is 11.9. The number of esters is 1. The summed E-state index contributed by atoms with van der Waals surface area (Å²) in [6.07, 6.45) is 13.6. The minimum absolute atomic E-state index is 0.296. The predicted octanol–water partition coefficient (Wildman–Crippen LogP) is 8.68. The van der Waals surface area contributed by atoms with E-state index >= 15 is 0 Å². The Kier molecular flexibility index (Phi) is 12.6. The summed E-state index contributed by atoms with van der Waals surface area (Å²) in [5, 5.41) is 0. The van der Waals surface area contributed by atoms with Crippen molar-refractivity contribution in [1.29, 1.82) is 0 Å². The summed E-state index contributed by atoms with van der Waals surface area (Å²) in [6, 6.07) is 0. The van der Waals surface area contributed by atoms with E-state index in [1.165, 1.54) is 64.0 Å². The van der Waals surface area contributed by atoms with Gasteiger partial charge in [0.2, 0.25) is 0 Å². The van der Waals surface area contributed by atoms with E-state index in [2.05, 4.69) is 48.5 Å². The van der Waals surface area contributed by atoms with Crippen LogP contribution in [0.4, 0.5) is 0 Å². The van der Waals surface area contributed by atoms with Gasteiger partial charge in [-0.25, -0.2) is 4.79 Å². The van der Waals surface area contributed by atoms with E-state index in [0.29, 0.717) is 6.10 Å². The number of ether oxygens (including phenoxy) is 3. The molecule has 1 aliphatic heterocycles. The predicted molar refractivity (Wildman–Crippen MR) is 150 cm³/mol. The Bertz CT molecular complexity index is 828. The van der Waals surface area contributed by atoms with Gasteiger partial charge in [0, 0.05) is 5.56 Å². The summed E-state index contributed by atoms with van der Waals surface area (Å²) in [5.41, 5.74) is 4.50. The molecule has 1 unspecified atom stereocenters. The fourth-order valence-corrected chi connectivity index (χ4v) is 5.50. The van der Waals surface area contributed by atoms with E-state index in [9.17, 15) is 4.79 Å². The van der Waals surface area contributed by atoms with Crippen molar-refractivity contribution >= 4 is 5.97 Å². The summed E-state index contributed by atoms with van der Waals surface area (Å²) in [4.78, 5) is 11.9. The van der Waals surface area contributed by atoms with Gasteiger partial charge in [-0.3, -0.25) is 0 Å². The van der Waals surface area contributed by atoms with Gasteiger partial charge in [-0.05, 0) is 87.8 Å². The lowest BCUT2D eigenvalue weighted by atomic mass is 9.89. The van der Waals surface area contributed by atoms with E-state index in [0.717, 1.165) is 65.2 Å². The van der Waals surface area contributed by atoms with Crippen molar-refractivity contribution < 1.29 is 19.0 Å². The minimum atomic E-state index is -0.627. The standard InChI is InChI=1S/C32H54O4/c1-21(2)17-18-23(4)14-11-10-13-22(3)15-12-16-28-19-20-29-26(7)30(35-27(8)32(33)34-9)24(5)25(6)31(29)36-28/h21-23,27-28H,10-20H2,1-9H3/t22-,23-,27?,28-/m1/s1. The molecule has 36 heavy (non-hydrogen) atoms. The molecular weight excluding hydrogens is 448 g/mol. The summed E-state index contributed by atoms with van der Waals surface area (Å²) in [5.74, 6) is 4.00. The summed E-state index contributed by atoms with van der Waals surface area (Å²) >= 11 is 0. The van der Waals surface area contributed by atoms with Crippen LogP contribution < -0.4 is 9.47 Å². The molecule has 0 fully saturated rings. The Morgan fingerprint density at radius 1 is 0.861 bits per heavy atom. The van der Waals surface area contributed by atoms with Gasteiger partial charge in [0.15, 0.2) is 6.10 Å². The van der Waals surface area contributed by atoms with Crippen LogP contribution in [0.25, 0.3) is 0 Å². The van der Waals surface area contributed by atoms with Crippen LogP contribution in [-0.2, 0) is 16.0 Å². The Labute approximate surface area is 221 Å². The summed E-state index contributed by atoms with van der Waals surface area (Å²) < 4.78 is 17.4. The Balaban J connectivity index is 1.80. The first kappa shape index (κ1) is 30.5. The van der Waals surface area contributed by atoms with Gasteiger partial charge in [0.05, 0.1) is 13.2 Å². The second-order valence-corrected chi connectivity index (χ2v) is 12.0. The van der Waals surface area contributed by atoms with Crippen LogP contribution in [0.5, 0.6) is 11.5 Å². The largest absolute Gasteiger partial charge is 0.490 e. The number of fused-ring (bicyclic) bond motifs is 1. The van der Waals surface area contributed by atoms with Gasteiger partial charge < -0.3 is 14.2 Å². The molecule has 1 heterocycles. The SMILES string of the molecule is COC(=O)C(C)Oc1c(C)c(C)c2c(c1C)CC[C@@H](CCC[C@H](C)CCCC[C@@H](C)CCC(C)C)O2. The first-order valence-corrected chi connectivity index (χ1v) is 14.6. The molecule has 0 radical (unpaired) electrons. The Morgan fingerprint density at radius 2 is 1.47 bits per heavy atom. The molecule has 2 rings (SSSR count). The van der Waals surface area contributed by atoms with Crippen molar-refractivity contribution in [3.63, 3.8) is 0 Å². The number of methoxy groups -OCH3 is 1. The van der Waals surface area contributed by atoms with Crippen LogP contribution >= 0.6 is 0 Å². The molecule has 0 aromatic heterocycles. The lowest BCUT2D eigenvalue weighted by Gasteiger charge is -2.31. The van der Waals surface area contributed by atoms with Gasteiger partial charge in [0.1, 0.15) is 11.5 Å². The highest BCUT2D eigenvalue weighted by atomic mass is 16.6. The third-order valence-corrected chi connectivity index (χ3v) is 8.24. The molecule has 206 valence electrons. The number of benzene rings is 1. The minimum Gasteiger partial charge on any atom is -0.490 e. The number of hydrogen-bond acceptors (Lipinski definition) is 4. The maximum absolute atomic E-state index is 11.9. The lowest BCUT2D eigenvalue weighted by Crippen LogP contribution is -2.27. The van der Waals surface area contributed by atoms with E-state index in [1.54, 1.807) is 6.92 Å². The molecule has 0 saturated carbocycles. The molecule has 0 saturated heterocycles. The zero-order chi connectivity index (χ0) is 26.8. The Morgan fingerprint density at radius 3 is 2.08 bits per heavy atom. The van der Waals surface area contributed by atoms with Crippen LogP contribution in [-0.4, -0.2) is 25.3 Å². The number of unbranched alkanes of at least 4 members (excludes halogenated alkanes) is 1. The number of rotatable bonds is 15. The van der Waals surface area contributed by atoms with Crippen LogP contribution in [0.15, 0.2) is 0 Å². The molecular formula is C32H54O4. The highest BCUT2D eigenvalue weighted by Crippen LogP contribution is 2.42. The van der Waals surface area contributed by atoms with Crippen molar-refractivity contribution in [2.45, 2.75) is 138 Å². The quantitative estimate of drug-likeness (QED) is 0.178. The summed E-state index contributed by atoms with van der Waals surface area (Å²) in [6.45, 7) is 17.5. The van der Waals surface area contributed by atoms with E-state index < -0.39 is 6.10 Å². The fraction of sp³-hybridized carbons (Fsp3) is 0.781. The molecule has 1 aliphatic rings. The van der Waals surface area contributed by atoms with Crippen LogP contribution in [0.1, 0.15) is 121 Å². The molecule has 0 amide bonds. The van der Waals surface area contributed by atoms with Crippen molar-refractivity contribution in [3.8, 4) is 11.5 Å². The van der Waals surface area contributed by atoms with Crippen LogP contribution in [0.3, 0.4) is 0 Å². The lowest BCUT2D eigenvalue weighted by molar-refractivity contribution is -0.147. The van der Waals surface area contributed by atoms with Crippen molar-refractivity contribution in [2.24, 2.45) is 17.8 Å². The van der Waals surface area contributed by atoms with Crippen molar-refractivity contribution in [2.75, 3.05) is 7.11 Å². The third kappa shape index (κ3) is 8.99. The fourth-order valence-electron chi connectivity index (χ4n) is 5.50. The van der Waals surface area contributed by atoms with Gasteiger partial charge >= 0.3 is 5.97 Å². The normalized spacial score (nSPS) is 17.8. The highest BCUT2D eigenvalue weighted by Gasteiger charge is 2.28.